The second-order valence-electron chi connectivity index (χ2n) is 4.22. The zero-order valence-electron chi connectivity index (χ0n) is 10.7. The quantitative estimate of drug-likeness (QED) is 0.686. The number of halogens is 1. The Bertz CT molecular complexity index is 658. The van der Waals surface area contributed by atoms with Crippen LogP contribution in [0.1, 0.15) is 11.1 Å². The molecule has 1 N–H and O–H groups in total. The molecular formula is C14H12ClNO4. The monoisotopic (exact) mass is 293 g/mol. The lowest BCUT2D eigenvalue weighted by atomic mass is 10.2. The van der Waals surface area contributed by atoms with E-state index < -0.39 is 4.92 Å². The van der Waals surface area contributed by atoms with Crippen LogP contribution in [0.3, 0.4) is 0 Å². The SMILES string of the molecule is Cc1cc(Oc2cc(Cl)ccc2CO)ccc1[N+](=O)[O-]. The third kappa shape index (κ3) is 3.07. The van der Waals surface area contributed by atoms with Crippen molar-refractivity contribution in [3.8, 4) is 11.5 Å². The lowest BCUT2D eigenvalue weighted by molar-refractivity contribution is -0.385. The molecule has 0 aliphatic rings. The summed E-state index contributed by atoms with van der Waals surface area (Å²) in [5.41, 5.74) is 1.12. The van der Waals surface area contributed by atoms with Crippen LogP contribution < -0.4 is 4.74 Å². The minimum atomic E-state index is -0.447. The maximum absolute atomic E-state index is 10.8. The number of aryl methyl sites for hydroxylation is 1. The molecule has 0 saturated carbocycles. The summed E-state index contributed by atoms with van der Waals surface area (Å²) in [5.74, 6) is 0.873. The number of ether oxygens (including phenoxy) is 1. The van der Waals surface area contributed by atoms with Crippen molar-refractivity contribution in [2.24, 2.45) is 0 Å². The van der Waals surface area contributed by atoms with E-state index in [1.165, 1.54) is 12.1 Å². The average Bonchev–Trinajstić information content (AvgIpc) is 2.38. The molecule has 0 saturated heterocycles. The molecule has 0 atom stereocenters. The molecule has 5 nitrogen and oxygen atoms in total. The van der Waals surface area contributed by atoms with Crippen LogP contribution >= 0.6 is 11.6 Å². The van der Waals surface area contributed by atoms with Crippen LogP contribution in [0.15, 0.2) is 36.4 Å². The van der Waals surface area contributed by atoms with Gasteiger partial charge in [-0.15, -0.1) is 0 Å². The number of aliphatic hydroxyl groups is 1. The summed E-state index contributed by atoms with van der Waals surface area (Å²) in [5, 5.41) is 20.5. The molecule has 0 spiro atoms. The summed E-state index contributed by atoms with van der Waals surface area (Å²) >= 11 is 5.89. The van der Waals surface area contributed by atoms with Gasteiger partial charge in [0.15, 0.2) is 0 Å². The largest absolute Gasteiger partial charge is 0.457 e. The number of nitrogens with zero attached hydrogens (tertiary/aromatic N) is 1. The van der Waals surface area contributed by atoms with Crippen LogP contribution in [0.4, 0.5) is 5.69 Å². The third-order valence-electron chi connectivity index (χ3n) is 2.79. The van der Waals surface area contributed by atoms with Gasteiger partial charge in [-0.2, -0.15) is 0 Å². The van der Waals surface area contributed by atoms with Gasteiger partial charge in [-0.3, -0.25) is 10.1 Å². The molecule has 0 aliphatic heterocycles. The standard InChI is InChI=1S/C14H12ClNO4/c1-9-6-12(4-5-13(9)16(18)19)20-14-7-11(15)3-2-10(14)8-17/h2-7,17H,8H2,1H3. The molecular weight excluding hydrogens is 282 g/mol. The number of benzene rings is 2. The normalized spacial score (nSPS) is 10.3. The Morgan fingerprint density at radius 2 is 2.05 bits per heavy atom. The molecule has 2 aromatic rings. The molecule has 2 rings (SSSR count). The Balaban J connectivity index is 2.33. The summed E-state index contributed by atoms with van der Waals surface area (Å²) < 4.78 is 5.63. The van der Waals surface area contributed by atoms with Crippen molar-refractivity contribution in [3.63, 3.8) is 0 Å². The highest BCUT2D eigenvalue weighted by Crippen LogP contribution is 2.31. The van der Waals surface area contributed by atoms with Crippen LogP contribution in [0.2, 0.25) is 5.02 Å². The van der Waals surface area contributed by atoms with E-state index in [1.54, 1.807) is 31.2 Å². The van der Waals surface area contributed by atoms with Crippen LogP contribution in [0.25, 0.3) is 0 Å². The molecule has 0 radical (unpaired) electrons. The predicted molar refractivity (Wildman–Crippen MR) is 75.3 cm³/mol. The fraction of sp³-hybridized carbons (Fsp3) is 0.143. The van der Waals surface area contributed by atoms with E-state index >= 15 is 0 Å². The van der Waals surface area contributed by atoms with Crippen molar-refractivity contribution in [1.82, 2.24) is 0 Å². The molecule has 104 valence electrons. The van der Waals surface area contributed by atoms with E-state index in [2.05, 4.69) is 0 Å². The van der Waals surface area contributed by atoms with E-state index in [4.69, 9.17) is 16.3 Å². The van der Waals surface area contributed by atoms with Crippen molar-refractivity contribution < 1.29 is 14.8 Å². The van der Waals surface area contributed by atoms with E-state index in [1.807, 2.05) is 0 Å². The van der Waals surface area contributed by atoms with Crippen LogP contribution in [-0.2, 0) is 6.61 Å². The van der Waals surface area contributed by atoms with E-state index in [0.717, 1.165) is 0 Å². The Kier molecular flexibility index (Phi) is 4.22. The third-order valence-corrected chi connectivity index (χ3v) is 3.03. The highest BCUT2D eigenvalue weighted by Gasteiger charge is 2.12. The first-order chi connectivity index (χ1) is 9.51. The molecule has 0 fully saturated rings. The molecule has 0 bridgehead atoms. The summed E-state index contributed by atoms with van der Waals surface area (Å²) in [6.45, 7) is 1.45. The fourth-order valence-corrected chi connectivity index (χ4v) is 1.94. The first-order valence-corrected chi connectivity index (χ1v) is 6.21. The summed E-state index contributed by atoms with van der Waals surface area (Å²) in [6.07, 6.45) is 0. The fourth-order valence-electron chi connectivity index (χ4n) is 1.78. The Labute approximate surface area is 120 Å². The first kappa shape index (κ1) is 14.3. The highest BCUT2D eigenvalue weighted by molar-refractivity contribution is 6.30. The predicted octanol–water partition coefficient (Wildman–Crippen LogP) is 3.84. The molecule has 0 aromatic heterocycles. The Morgan fingerprint density at radius 1 is 1.30 bits per heavy atom. The van der Waals surface area contributed by atoms with Crippen LogP contribution in [0.5, 0.6) is 11.5 Å². The topological polar surface area (TPSA) is 72.6 Å². The summed E-state index contributed by atoms with van der Waals surface area (Å²) in [6, 6.07) is 9.36. The minimum Gasteiger partial charge on any atom is -0.457 e. The van der Waals surface area contributed by atoms with E-state index in [0.29, 0.717) is 27.6 Å². The van der Waals surface area contributed by atoms with Crippen LogP contribution in [0, 0.1) is 17.0 Å². The van der Waals surface area contributed by atoms with Gasteiger partial charge in [0.2, 0.25) is 0 Å². The van der Waals surface area contributed by atoms with Gasteiger partial charge in [0.1, 0.15) is 11.5 Å². The Hall–Kier alpha value is -2.11. The van der Waals surface area contributed by atoms with Gasteiger partial charge in [0, 0.05) is 22.2 Å². The van der Waals surface area contributed by atoms with Gasteiger partial charge in [0.25, 0.3) is 5.69 Å². The average molecular weight is 294 g/mol. The molecule has 0 heterocycles. The van der Waals surface area contributed by atoms with Crippen molar-refractivity contribution in [1.29, 1.82) is 0 Å². The van der Waals surface area contributed by atoms with E-state index in [-0.39, 0.29) is 12.3 Å². The highest BCUT2D eigenvalue weighted by atomic mass is 35.5. The van der Waals surface area contributed by atoms with Crippen molar-refractivity contribution in [3.05, 3.63) is 62.7 Å². The molecule has 6 heteroatoms. The zero-order chi connectivity index (χ0) is 14.7. The van der Waals surface area contributed by atoms with Crippen molar-refractivity contribution >= 4 is 17.3 Å². The summed E-state index contributed by atoms with van der Waals surface area (Å²) in [4.78, 5) is 10.3. The minimum absolute atomic E-state index is 0.0332. The number of aliphatic hydroxyl groups excluding tert-OH is 1. The number of nitro benzene ring substituents is 1. The van der Waals surface area contributed by atoms with Crippen molar-refractivity contribution in [2.45, 2.75) is 13.5 Å². The van der Waals surface area contributed by atoms with Gasteiger partial charge in [-0.25, -0.2) is 0 Å². The smallest absolute Gasteiger partial charge is 0.272 e. The lowest BCUT2D eigenvalue weighted by Crippen LogP contribution is -1.94. The van der Waals surface area contributed by atoms with Gasteiger partial charge in [0.05, 0.1) is 11.5 Å². The molecule has 0 unspecified atom stereocenters. The molecule has 0 amide bonds. The Morgan fingerprint density at radius 3 is 2.65 bits per heavy atom. The van der Waals surface area contributed by atoms with Gasteiger partial charge >= 0.3 is 0 Å². The first-order valence-electron chi connectivity index (χ1n) is 5.83. The van der Waals surface area contributed by atoms with Gasteiger partial charge in [-0.1, -0.05) is 17.7 Å². The molecule has 2 aromatic carbocycles. The van der Waals surface area contributed by atoms with Crippen LogP contribution in [-0.4, -0.2) is 10.0 Å². The maximum Gasteiger partial charge on any atom is 0.272 e. The molecule has 20 heavy (non-hydrogen) atoms. The molecule has 0 aliphatic carbocycles. The number of hydrogen-bond acceptors (Lipinski definition) is 4. The second-order valence-corrected chi connectivity index (χ2v) is 4.65. The number of rotatable bonds is 4. The number of nitro groups is 1. The second kappa shape index (κ2) is 5.90. The van der Waals surface area contributed by atoms with Crippen molar-refractivity contribution in [2.75, 3.05) is 0 Å². The van der Waals surface area contributed by atoms with Gasteiger partial charge in [-0.05, 0) is 31.2 Å². The lowest BCUT2D eigenvalue weighted by Gasteiger charge is -2.10. The summed E-state index contributed by atoms with van der Waals surface area (Å²) in [7, 11) is 0. The van der Waals surface area contributed by atoms with Gasteiger partial charge < -0.3 is 9.84 Å². The zero-order valence-corrected chi connectivity index (χ0v) is 11.4. The van der Waals surface area contributed by atoms with E-state index in [9.17, 15) is 15.2 Å². The number of hydrogen-bond donors (Lipinski definition) is 1. The maximum atomic E-state index is 10.8.